The number of nitrogens with zero attached hydrogens (tertiary/aromatic N) is 3. The molecule has 7 heteroatoms. The van der Waals surface area contributed by atoms with Crippen molar-refractivity contribution in [2.24, 2.45) is 0 Å². The molecule has 1 unspecified atom stereocenters. The molecule has 1 atom stereocenters. The number of aromatic nitrogens is 2. The number of rotatable bonds is 7. The molecule has 0 spiro atoms. The Morgan fingerprint density at radius 1 is 1.29 bits per heavy atom. The van der Waals surface area contributed by atoms with Crippen LogP contribution in [0.15, 0.2) is 36.7 Å². The minimum Gasteiger partial charge on any atom is -0.491 e. The number of ether oxygens (including phenoxy) is 1. The first-order chi connectivity index (χ1) is 13.4. The van der Waals surface area contributed by atoms with Gasteiger partial charge in [-0.25, -0.2) is 0 Å². The fraction of sp³-hybridized carbons (Fsp3) is 0.476. The first-order valence-corrected chi connectivity index (χ1v) is 9.74. The van der Waals surface area contributed by atoms with Crippen molar-refractivity contribution < 1.29 is 14.3 Å². The van der Waals surface area contributed by atoms with E-state index in [4.69, 9.17) is 4.74 Å². The monoisotopic (exact) mass is 384 g/mol. The van der Waals surface area contributed by atoms with Crippen LogP contribution >= 0.6 is 0 Å². The van der Waals surface area contributed by atoms with E-state index in [0.717, 1.165) is 24.9 Å². The molecular weight excluding hydrogens is 356 g/mol. The van der Waals surface area contributed by atoms with Crippen LogP contribution < -0.4 is 10.1 Å². The van der Waals surface area contributed by atoms with Crippen molar-refractivity contribution in [1.29, 1.82) is 0 Å². The van der Waals surface area contributed by atoms with Crippen LogP contribution in [0.4, 0.5) is 0 Å². The Bertz CT molecular complexity index is 813. The zero-order chi connectivity index (χ0) is 20.1. The van der Waals surface area contributed by atoms with Crippen LogP contribution in [-0.4, -0.2) is 51.7 Å². The van der Waals surface area contributed by atoms with Gasteiger partial charge in [-0.15, -0.1) is 0 Å². The van der Waals surface area contributed by atoms with Crippen LogP contribution in [0.1, 0.15) is 42.6 Å². The molecule has 1 aliphatic heterocycles. The summed E-state index contributed by atoms with van der Waals surface area (Å²) >= 11 is 0. The summed E-state index contributed by atoms with van der Waals surface area (Å²) in [4.78, 5) is 26.5. The quantitative estimate of drug-likeness (QED) is 0.795. The van der Waals surface area contributed by atoms with Gasteiger partial charge in [-0.2, -0.15) is 5.10 Å². The van der Waals surface area contributed by atoms with E-state index >= 15 is 0 Å². The van der Waals surface area contributed by atoms with Crippen LogP contribution in [0.2, 0.25) is 0 Å². The fourth-order valence-electron chi connectivity index (χ4n) is 3.36. The van der Waals surface area contributed by atoms with Crippen molar-refractivity contribution in [2.45, 2.75) is 52.2 Å². The molecule has 28 heavy (non-hydrogen) atoms. The lowest BCUT2D eigenvalue weighted by Crippen LogP contribution is -2.40. The average molecular weight is 384 g/mol. The predicted octanol–water partition coefficient (Wildman–Crippen LogP) is 2.40. The average Bonchev–Trinajstić information content (AvgIpc) is 3.28. The van der Waals surface area contributed by atoms with Gasteiger partial charge in [-0.1, -0.05) is 0 Å². The van der Waals surface area contributed by atoms with Crippen molar-refractivity contribution in [3.63, 3.8) is 0 Å². The minimum atomic E-state index is -0.0945. The number of carbonyl (C=O) groups is 2. The first kappa shape index (κ1) is 19.9. The smallest absolute Gasteiger partial charge is 0.251 e. The van der Waals surface area contributed by atoms with Crippen LogP contribution in [0.3, 0.4) is 0 Å². The van der Waals surface area contributed by atoms with Gasteiger partial charge in [0, 0.05) is 24.3 Å². The summed E-state index contributed by atoms with van der Waals surface area (Å²) in [5.74, 6) is 0.668. The van der Waals surface area contributed by atoms with Gasteiger partial charge < -0.3 is 15.0 Å². The Hall–Kier alpha value is -2.83. The Morgan fingerprint density at radius 3 is 2.68 bits per heavy atom. The van der Waals surface area contributed by atoms with Crippen LogP contribution in [-0.2, 0) is 11.3 Å². The molecule has 0 saturated carbocycles. The van der Waals surface area contributed by atoms with Crippen molar-refractivity contribution in [2.75, 3.05) is 13.2 Å². The second-order valence-corrected chi connectivity index (χ2v) is 7.56. The van der Waals surface area contributed by atoms with E-state index in [1.807, 2.05) is 31.9 Å². The molecule has 1 aliphatic rings. The molecule has 0 radical (unpaired) electrons. The maximum absolute atomic E-state index is 12.6. The number of hydrogen-bond donors (Lipinski definition) is 1. The van der Waals surface area contributed by atoms with Crippen LogP contribution in [0.5, 0.6) is 5.75 Å². The van der Waals surface area contributed by atoms with Gasteiger partial charge in [0.2, 0.25) is 5.91 Å². The summed E-state index contributed by atoms with van der Waals surface area (Å²) in [5, 5.41) is 7.06. The summed E-state index contributed by atoms with van der Waals surface area (Å²) in [6.45, 7) is 7.26. The van der Waals surface area contributed by atoms with E-state index in [2.05, 4.69) is 10.4 Å². The molecule has 1 fully saturated rings. The van der Waals surface area contributed by atoms with E-state index in [-0.39, 0.29) is 30.4 Å². The summed E-state index contributed by atoms with van der Waals surface area (Å²) < 4.78 is 7.57. The second-order valence-electron chi connectivity index (χ2n) is 7.56. The van der Waals surface area contributed by atoms with Gasteiger partial charge >= 0.3 is 0 Å². The largest absolute Gasteiger partial charge is 0.491 e. The summed E-state index contributed by atoms with van der Waals surface area (Å²) in [5.41, 5.74) is 1.65. The molecule has 1 saturated heterocycles. The molecule has 1 N–H and O–H groups in total. The van der Waals surface area contributed by atoms with E-state index in [0.29, 0.717) is 17.9 Å². The number of likely N-dealkylation sites (tertiary alicyclic amines) is 1. The van der Waals surface area contributed by atoms with Crippen LogP contribution in [0, 0.1) is 6.92 Å². The fourth-order valence-corrected chi connectivity index (χ4v) is 3.36. The van der Waals surface area contributed by atoms with E-state index in [9.17, 15) is 9.59 Å². The molecule has 150 valence electrons. The second kappa shape index (κ2) is 8.91. The van der Waals surface area contributed by atoms with Gasteiger partial charge in [0.25, 0.3) is 5.91 Å². The topological polar surface area (TPSA) is 76.5 Å². The van der Waals surface area contributed by atoms with E-state index in [1.54, 1.807) is 35.1 Å². The van der Waals surface area contributed by atoms with Gasteiger partial charge in [0.05, 0.1) is 12.2 Å². The molecule has 2 amide bonds. The molecule has 0 bridgehead atoms. The van der Waals surface area contributed by atoms with Gasteiger partial charge in [0.1, 0.15) is 18.9 Å². The highest BCUT2D eigenvalue weighted by atomic mass is 16.5. The number of aryl methyl sites for hydroxylation is 1. The van der Waals surface area contributed by atoms with Crippen LogP contribution in [0.25, 0.3) is 0 Å². The molecule has 2 heterocycles. The standard InChI is InChI=1S/C21H28N4O3/c1-15(2)23-21(27)17-6-8-19(9-7-17)28-14-18-5-4-10-25(18)20(26)13-24-12-16(3)11-22-24/h6-9,11-12,15,18H,4-5,10,13-14H2,1-3H3,(H,23,27). The van der Waals surface area contributed by atoms with Crippen molar-refractivity contribution in [3.05, 3.63) is 47.8 Å². The number of hydrogen-bond acceptors (Lipinski definition) is 4. The molecular formula is C21H28N4O3. The molecule has 3 rings (SSSR count). The predicted molar refractivity (Wildman–Crippen MR) is 106 cm³/mol. The highest BCUT2D eigenvalue weighted by Crippen LogP contribution is 2.20. The van der Waals surface area contributed by atoms with Gasteiger partial charge in [-0.05, 0) is 63.4 Å². The van der Waals surface area contributed by atoms with E-state index in [1.165, 1.54) is 0 Å². The Balaban J connectivity index is 1.53. The third-order valence-electron chi connectivity index (χ3n) is 4.74. The summed E-state index contributed by atoms with van der Waals surface area (Å²) in [7, 11) is 0. The lowest BCUT2D eigenvalue weighted by molar-refractivity contribution is -0.133. The molecule has 7 nitrogen and oxygen atoms in total. The number of carbonyl (C=O) groups excluding carboxylic acids is 2. The van der Waals surface area contributed by atoms with Crippen molar-refractivity contribution in [3.8, 4) is 5.75 Å². The lowest BCUT2D eigenvalue weighted by Gasteiger charge is -2.25. The Kier molecular flexibility index (Phi) is 6.34. The molecule has 2 aromatic rings. The molecule has 0 aliphatic carbocycles. The summed E-state index contributed by atoms with van der Waals surface area (Å²) in [6.07, 6.45) is 5.53. The zero-order valence-corrected chi connectivity index (χ0v) is 16.7. The van der Waals surface area contributed by atoms with Crippen molar-refractivity contribution in [1.82, 2.24) is 20.0 Å². The normalized spacial score (nSPS) is 16.4. The third kappa shape index (κ3) is 5.12. The highest BCUT2D eigenvalue weighted by Gasteiger charge is 2.29. The maximum Gasteiger partial charge on any atom is 0.251 e. The third-order valence-corrected chi connectivity index (χ3v) is 4.74. The number of amides is 2. The molecule has 1 aromatic heterocycles. The Morgan fingerprint density at radius 2 is 2.04 bits per heavy atom. The summed E-state index contributed by atoms with van der Waals surface area (Å²) in [6, 6.07) is 7.26. The van der Waals surface area contributed by atoms with Crippen molar-refractivity contribution >= 4 is 11.8 Å². The maximum atomic E-state index is 12.6. The zero-order valence-electron chi connectivity index (χ0n) is 16.7. The minimum absolute atomic E-state index is 0.0630. The SMILES string of the molecule is Cc1cnn(CC(=O)N2CCCC2COc2ccc(C(=O)NC(C)C)cc2)c1. The highest BCUT2D eigenvalue weighted by molar-refractivity contribution is 5.94. The van der Waals surface area contributed by atoms with E-state index < -0.39 is 0 Å². The number of nitrogens with one attached hydrogen (secondary N) is 1. The lowest BCUT2D eigenvalue weighted by atomic mass is 10.2. The van der Waals surface area contributed by atoms with Gasteiger partial charge in [-0.3, -0.25) is 14.3 Å². The first-order valence-electron chi connectivity index (χ1n) is 9.74. The molecule has 1 aromatic carbocycles. The number of benzene rings is 1. The van der Waals surface area contributed by atoms with Gasteiger partial charge in [0.15, 0.2) is 0 Å². The Labute approximate surface area is 165 Å².